The number of para-hydroxylation sites is 1. The summed E-state index contributed by atoms with van der Waals surface area (Å²) < 4.78 is 1.93. The third-order valence-corrected chi connectivity index (χ3v) is 5.41. The molecule has 9 heteroatoms. The Labute approximate surface area is 174 Å². The average molecular weight is 426 g/mol. The van der Waals surface area contributed by atoms with Gasteiger partial charge in [0, 0.05) is 34.6 Å². The minimum atomic E-state index is -0.546. The van der Waals surface area contributed by atoms with Crippen molar-refractivity contribution in [1.82, 2.24) is 24.7 Å². The standard InChI is InChI=1S/C20H16ClN5O2S/c21-14-8-6-13(7-9-14)12-29-20-25-24-17(26(20)16-4-2-1-3-5-16)10-15-11-18(27)23-19(28)22-15/h1-9,11H,10,12H2,(H2,22,23,27,28). The summed E-state index contributed by atoms with van der Waals surface area (Å²) in [6.45, 7) is 0. The van der Waals surface area contributed by atoms with Gasteiger partial charge in [0.2, 0.25) is 0 Å². The van der Waals surface area contributed by atoms with Crippen molar-refractivity contribution in [1.29, 1.82) is 0 Å². The summed E-state index contributed by atoms with van der Waals surface area (Å²) in [5.74, 6) is 1.32. The van der Waals surface area contributed by atoms with Crippen molar-refractivity contribution in [2.75, 3.05) is 0 Å². The Balaban J connectivity index is 1.67. The molecule has 0 bridgehead atoms. The van der Waals surface area contributed by atoms with Crippen molar-refractivity contribution in [3.63, 3.8) is 0 Å². The Hall–Kier alpha value is -3.10. The summed E-state index contributed by atoms with van der Waals surface area (Å²) in [5.41, 5.74) is 1.49. The highest BCUT2D eigenvalue weighted by molar-refractivity contribution is 7.98. The van der Waals surface area contributed by atoms with Gasteiger partial charge in [-0.2, -0.15) is 0 Å². The number of aromatic nitrogens is 5. The molecule has 4 aromatic rings. The fraction of sp³-hybridized carbons (Fsp3) is 0.100. The SMILES string of the molecule is O=c1cc(Cc2nnc(SCc3ccc(Cl)cc3)n2-c2ccccc2)[nH]c(=O)[nH]1. The fourth-order valence-electron chi connectivity index (χ4n) is 2.86. The highest BCUT2D eigenvalue weighted by atomic mass is 35.5. The van der Waals surface area contributed by atoms with Gasteiger partial charge in [0.25, 0.3) is 5.56 Å². The molecule has 0 aliphatic rings. The van der Waals surface area contributed by atoms with E-state index in [2.05, 4.69) is 20.2 Å². The van der Waals surface area contributed by atoms with Crippen molar-refractivity contribution >= 4 is 23.4 Å². The smallest absolute Gasteiger partial charge is 0.311 e. The van der Waals surface area contributed by atoms with Gasteiger partial charge in [0.05, 0.1) is 0 Å². The van der Waals surface area contributed by atoms with E-state index in [-0.39, 0.29) is 6.42 Å². The molecule has 0 fully saturated rings. The number of aromatic amines is 2. The Morgan fingerprint density at radius 3 is 2.45 bits per heavy atom. The lowest BCUT2D eigenvalue weighted by Crippen LogP contribution is -2.23. The van der Waals surface area contributed by atoms with Crippen LogP contribution in [0.1, 0.15) is 17.1 Å². The van der Waals surface area contributed by atoms with E-state index in [9.17, 15) is 9.59 Å². The Kier molecular flexibility index (Phi) is 5.64. The summed E-state index contributed by atoms with van der Waals surface area (Å²) in [6.07, 6.45) is 0.266. The normalized spacial score (nSPS) is 10.9. The number of rotatable bonds is 6. The highest BCUT2D eigenvalue weighted by Gasteiger charge is 2.15. The molecule has 2 aromatic heterocycles. The first-order valence-electron chi connectivity index (χ1n) is 8.78. The van der Waals surface area contributed by atoms with Gasteiger partial charge in [-0.3, -0.25) is 14.3 Å². The predicted molar refractivity (Wildman–Crippen MR) is 113 cm³/mol. The third kappa shape index (κ3) is 4.67. The zero-order valence-corrected chi connectivity index (χ0v) is 16.7. The van der Waals surface area contributed by atoms with E-state index < -0.39 is 11.2 Å². The number of nitrogens with zero attached hydrogens (tertiary/aromatic N) is 3. The van der Waals surface area contributed by atoms with Crippen LogP contribution in [0.5, 0.6) is 0 Å². The number of hydrogen-bond acceptors (Lipinski definition) is 5. The van der Waals surface area contributed by atoms with Gasteiger partial charge in [-0.15, -0.1) is 10.2 Å². The van der Waals surface area contributed by atoms with Crippen LogP contribution < -0.4 is 11.2 Å². The number of hydrogen-bond donors (Lipinski definition) is 2. The third-order valence-electron chi connectivity index (χ3n) is 4.16. The number of benzene rings is 2. The highest BCUT2D eigenvalue weighted by Crippen LogP contribution is 2.26. The first-order valence-corrected chi connectivity index (χ1v) is 10.1. The van der Waals surface area contributed by atoms with Crippen LogP contribution >= 0.6 is 23.4 Å². The fourth-order valence-corrected chi connectivity index (χ4v) is 3.91. The van der Waals surface area contributed by atoms with Gasteiger partial charge in [-0.1, -0.05) is 53.7 Å². The molecule has 0 saturated carbocycles. The van der Waals surface area contributed by atoms with E-state index in [1.165, 1.54) is 6.07 Å². The molecule has 0 aliphatic carbocycles. The summed E-state index contributed by atoms with van der Waals surface area (Å²) in [7, 11) is 0. The van der Waals surface area contributed by atoms with Crippen molar-refractivity contribution in [3.05, 3.63) is 104 Å². The molecular formula is C20H16ClN5O2S. The Morgan fingerprint density at radius 2 is 1.72 bits per heavy atom. The van der Waals surface area contributed by atoms with E-state index >= 15 is 0 Å². The zero-order chi connectivity index (χ0) is 20.2. The molecule has 2 heterocycles. The van der Waals surface area contributed by atoms with Gasteiger partial charge in [0.1, 0.15) is 5.82 Å². The van der Waals surface area contributed by atoms with Crippen LogP contribution in [0.15, 0.2) is 75.4 Å². The Morgan fingerprint density at radius 1 is 0.966 bits per heavy atom. The second kappa shape index (κ2) is 8.50. The van der Waals surface area contributed by atoms with Crippen LogP contribution in [-0.2, 0) is 12.2 Å². The minimum Gasteiger partial charge on any atom is -0.311 e. The lowest BCUT2D eigenvalue weighted by atomic mass is 10.2. The first-order chi connectivity index (χ1) is 14.1. The van der Waals surface area contributed by atoms with Crippen molar-refractivity contribution in [3.8, 4) is 5.69 Å². The predicted octanol–water partition coefficient (Wildman–Crippen LogP) is 3.18. The van der Waals surface area contributed by atoms with E-state index in [0.717, 1.165) is 11.3 Å². The number of thioether (sulfide) groups is 1. The maximum atomic E-state index is 11.6. The zero-order valence-electron chi connectivity index (χ0n) is 15.1. The van der Waals surface area contributed by atoms with Crippen LogP contribution in [0.4, 0.5) is 0 Å². The molecule has 2 aromatic carbocycles. The van der Waals surface area contributed by atoms with E-state index in [4.69, 9.17) is 11.6 Å². The molecule has 0 aliphatic heterocycles. The molecule has 2 N–H and O–H groups in total. The quantitative estimate of drug-likeness (QED) is 0.462. The monoisotopic (exact) mass is 425 g/mol. The first kappa shape index (κ1) is 19.2. The molecule has 4 rings (SSSR count). The minimum absolute atomic E-state index is 0.266. The topological polar surface area (TPSA) is 96.4 Å². The molecule has 0 unspecified atom stereocenters. The molecule has 0 amide bonds. The lowest BCUT2D eigenvalue weighted by Gasteiger charge is -2.10. The van der Waals surface area contributed by atoms with Crippen LogP contribution in [0, 0.1) is 0 Å². The number of nitrogens with one attached hydrogen (secondary N) is 2. The molecule has 0 atom stereocenters. The largest absolute Gasteiger partial charge is 0.325 e. The molecule has 29 heavy (non-hydrogen) atoms. The summed E-state index contributed by atoms with van der Waals surface area (Å²) in [4.78, 5) is 28.0. The summed E-state index contributed by atoms with van der Waals surface area (Å²) in [5, 5.41) is 10.1. The molecule has 0 saturated heterocycles. The van der Waals surface area contributed by atoms with Crippen molar-refractivity contribution in [2.45, 2.75) is 17.3 Å². The second-order valence-corrected chi connectivity index (χ2v) is 7.65. The van der Waals surface area contributed by atoms with Gasteiger partial charge in [-0.25, -0.2) is 4.79 Å². The Bertz CT molecular complexity index is 1200. The molecule has 146 valence electrons. The molecule has 0 radical (unpaired) electrons. The van der Waals surface area contributed by atoms with Crippen LogP contribution in [0.3, 0.4) is 0 Å². The lowest BCUT2D eigenvalue weighted by molar-refractivity contribution is 0.829. The molecule has 0 spiro atoms. The van der Waals surface area contributed by atoms with Crippen LogP contribution in [-0.4, -0.2) is 24.7 Å². The van der Waals surface area contributed by atoms with E-state index in [0.29, 0.717) is 27.5 Å². The van der Waals surface area contributed by atoms with Gasteiger partial charge >= 0.3 is 5.69 Å². The van der Waals surface area contributed by atoms with Crippen molar-refractivity contribution in [2.24, 2.45) is 0 Å². The number of halogens is 1. The number of H-pyrrole nitrogens is 2. The maximum absolute atomic E-state index is 11.6. The van der Waals surface area contributed by atoms with Gasteiger partial charge in [-0.05, 0) is 29.8 Å². The average Bonchev–Trinajstić information content (AvgIpc) is 3.10. The molecular weight excluding hydrogens is 410 g/mol. The van der Waals surface area contributed by atoms with Gasteiger partial charge < -0.3 is 4.98 Å². The maximum Gasteiger partial charge on any atom is 0.325 e. The molecule has 7 nitrogen and oxygen atoms in total. The van der Waals surface area contributed by atoms with Crippen molar-refractivity contribution < 1.29 is 0 Å². The van der Waals surface area contributed by atoms with E-state index in [1.807, 2.05) is 59.2 Å². The summed E-state index contributed by atoms with van der Waals surface area (Å²) >= 11 is 7.50. The van der Waals surface area contributed by atoms with Crippen LogP contribution in [0.25, 0.3) is 5.69 Å². The summed E-state index contributed by atoms with van der Waals surface area (Å²) in [6, 6.07) is 18.7. The second-order valence-electron chi connectivity index (χ2n) is 6.27. The van der Waals surface area contributed by atoms with Gasteiger partial charge in [0.15, 0.2) is 5.16 Å². The van der Waals surface area contributed by atoms with E-state index in [1.54, 1.807) is 11.8 Å². The van der Waals surface area contributed by atoms with Crippen LogP contribution in [0.2, 0.25) is 5.02 Å².